The minimum Gasteiger partial charge on any atom is -0.272 e. The van der Waals surface area contributed by atoms with E-state index in [-0.39, 0.29) is 5.91 Å². The van der Waals surface area contributed by atoms with E-state index in [1.54, 1.807) is 17.4 Å². The maximum atomic E-state index is 12.3. The topological polar surface area (TPSA) is 70.1 Å². The van der Waals surface area contributed by atoms with Crippen molar-refractivity contribution in [1.29, 1.82) is 0 Å². The molecule has 0 radical (unpaired) electrons. The van der Waals surface area contributed by atoms with Gasteiger partial charge in [-0.1, -0.05) is 48.5 Å². The SMILES string of the molecule is C/C(=N/NC(=O)c1cc(-c2cccc3ccccc23)n[nH]1)c1cccs1. The van der Waals surface area contributed by atoms with Crippen LogP contribution < -0.4 is 5.43 Å². The first-order chi connectivity index (χ1) is 12.7. The molecule has 6 heteroatoms. The summed E-state index contributed by atoms with van der Waals surface area (Å²) in [5, 5.41) is 15.5. The Morgan fingerprint density at radius 3 is 2.81 bits per heavy atom. The highest BCUT2D eigenvalue weighted by molar-refractivity contribution is 7.12. The first-order valence-corrected chi connectivity index (χ1v) is 9.02. The summed E-state index contributed by atoms with van der Waals surface area (Å²) in [6.45, 7) is 1.86. The quantitative estimate of drug-likeness (QED) is 0.417. The second-order valence-corrected chi connectivity index (χ2v) is 6.76. The molecule has 2 N–H and O–H groups in total. The van der Waals surface area contributed by atoms with Crippen LogP contribution in [0.3, 0.4) is 0 Å². The van der Waals surface area contributed by atoms with Crippen molar-refractivity contribution in [2.75, 3.05) is 0 Å². The van der Waals surface area contributed by atoms with Crippen LogP contribution in [0.4, 0.5) is 0 Å². The van der Waals surface area contributed by atoms with Crippen LogP contribution in [0.2, 0.25) is 0 Å². The standard InChI is InChI=1S/C20H16N4OS/c1-13(19-10-5-11-26-19)21-24-20(25)18-12-17(22-23-18)16-9-4-7-14-6-2-3-8-15(14)16/h2-12H,1H3,(H,22,23)(H,24,25)/b21-13-. The smallest absolute Gasteiger partial charge is 0.272 e. The monoisotopic (exact) mass is 360 g/mol. The molecule has 0 saturated heterocycles. The van der Waals surface area contributed by atoms with Crippen molar-refractivity contribution in [3.05, 3.63) is 76.6 Å². The van der Waals surface area contributed by atoms with Crippen LogP contribution in [-0.2, 0) is 0 Å². The molecule has 0 aliphatic carbocycles. The molecule has 0 atom stereocenters. The number of fused-ring (bicyclic) bond motifs is 1. The van der Waals surface area contributed by atoms with E-state index >= 15 is 0 Å². The van der Waals surface area contributed by atoms with Crippen molar-refractivity contribution < 1.29 is 4.79 Å². The lowest BCUT2D eigenvalue weighted by Gasteiger charge is -2.02. The number of thiophene rings is 1. The molecule has 0 spiro atoms. The molecule has 5 nitrogen and oxygen atoms in total. The second-order valence-electron chi connectivity index (χ2n) is 5.81. The van der Waals surface area contributed by atoms with Gasteiger partial charge in [0.25, 0.3) is 5.91 Å². The van der Waals surface area contributed by atoms with Crippen molar-refractivity contribution in [2.24, 2.45) is 5.10 Å². The molecule has 2 aromatic heterocycles. The average Bonchev–Trinajstić information content (AvgIpc) is 3.37. The van der Waals surface area contributed by atoms with Gasteiger partial charge >= 0.3 is 0 Å². The Kier molecular flexibility index (Phi) is 4.33. The number of hydrogen-bond donors (Lipinski definition) is 2. The molecule has 0 unspecified atom stereocenters. The van der Waals surface area contributed by atoms with E-state index in [1.165, 1.54) is 0 Å². The molecule has 0 fully saturated rings. The maximum absolute atomic E-state index is 12.3. The van der Waals surface area contributed by atoms with E-state index in [9.17, 15) is 4.79 Å². The molecule has 0 saturated carbocycles. The summed E-state index contributed by atoms with van der Waals surface area (Å²) < 4.78 is 0. The molecule has 1 amide bonds. The highest BCUT2D eigenvalue weighted by atomic mass is 32.1. The maximum Gasteiger partial charge on any atom is 0.289 e. The predicted octanol–water partition coefficient (Wildman–Crippen LogP) is 4.45. The fourth-order valence-corrected chi connectivity index (χ4v) is 3.44. The fraction of sp³-hybridized carbons (Fsp3) is 0.0500. The lowest BCUT2D eigenvalue weighted by molar-refractivity contribution is 0.0950. The zero-order valence-corrected chi connectivity index (χ0v) is 14.9. The molecule has 4 aromatic rings. The molecule has 0 aliphatic heterocycles. The van der Waals surface area contributed by atoms with Gasteiger partial charge in [0.05, 0.1) is 11.4 Å². The van der Waals surface area contributed by atoms with E-state index in [2.05, 4.69) is 32.9 Å². The van der Waals surface area contributed by atoms with Crippen LogP contribution in [0.1, 0.15) is 22.3 Å². The largest absolute Gasteiger partial charge is 0.289 e. The highest BCUT2D eigenvalue weighted by Crippen LogP contribution is 2.27. The third-order valence-corrected chi connectivity index (χ3v) is 5.07. The summed E-state index contributed by atoms with van der Waals surface area (Å²) in [6, 6.07) is 19.8. The summed E-state index contributed by atoms with van der Waals surface area (Å²) in [5.41, 5.74) is 5.42. The average molecular weight is 360 g/mol. The molecule has 2 heterocycles. The van der Waals surface area contributed by atoms with Gasteiger partial charge in [0, 0.05) is 10.4 Å². The third-order valence-electron chi connectivity index (χ3n) is 4.09. The molecule has 128 valence electrons. The van der Waals surface area contributed by atoms with Crippen LogP contribution in [0, 0.1) is 0 Å². The normalized spacial score (nSPS) is 11.7. The second kappa shape index (κ2) is 6.93. The Balaban J connectivity index is 1.58. The number of hydrogen-bond acceptors (Lipinski definition) is 4. The lowest BCUT2D eigenvalue weighted by atomic mass is 10.0. The predicted molar refractivity (Wildman–Crippen MR) is 106 cm³/mol. The van der Waals surface area contributed by atoms with Gasteiger partial charge < -0.3 is 0 Å². The lowest BCUT2D eigenvalue weighted by Crippen LogP contribution is -2.19. The summed E-state index contributed by atoms with van der Waals surface area (Å²) in [5.74, 6) is -0.320. The summed E-state index contributed by atoms with van der Waals surface area (Å²) in [7, 11) is 0. The molecule has 0 aliphatic rings. The first kappa shape index (κ1) is 16.2. The zero-order chi connectivity index (χ0) is 17.9. The summed E-state index contributed by atoms with van der Waals surface area (Å²) in [4.78, 5) is 13.4. The molecule has 4 rings (SSSR count). The van der Waals surface area contributed by atoms with Gasteiger partial charge in [-0.2, -0.15) is 10.2 Å². The zero-order valence-electron chi connectivity index (χ0n) is 14.1. The van der Waals surface area contributed by atoms with Gasteiger partial charge in [-0.3, -0.25) is 9.89 Å². The minimum absolute atomic E-state index is 0.320. The van der Waals surface area contributed by atoms with Gasteiger partial charge in [-0.05, 0) is 35.2 Å². The number of carbonyl (C=O) groups excluding carboxylic acids is 1. The van der Waals surface area contributed by atoms with Gasteiger partial charge in [0.2, 0.25) is 0 Å². The number of carbonyl (C=O) groups is 1. The number of H-pyrrole nitrogens is 1. The van der Waals surface area contributed by atoms with E-state index in [1.807, 2.05) is 54.8 Å². The Bertz CT molecular complexity index is 1090. The molecular weight excluding hydrogens is 344 g/mol. The first-order valence-electron chi connectivity index (χ1n) is 8.14. The van der Waals surface area contributed by atoms with E-state index in [4.69, 9.17) is 0 Å². The van der Waals surface area contributed by atoms with Crippen LogP contribution in [0.15, 0.2) is 71.1 Å². The Labute approximate surface area is 154 Å². The number of amides is 1. The summed E-state index contributed by atoms with van der Waals surface area (Å²) in [6.07, 6.45) is 0. The number of aromatic amines is 1. The number of hydrazone groups is 1. The molecule has 26 heavy (non-hydrogen) atoms. The van der Waals surface area contributed by atoms with Crippen LogP contribution >= 0.6 is 11.3 Å². The molecule has 0 bridgehead atoms. The van der Waals surface area contributed by atoms with Crippen LogP contribution in [-0.4, -0.2) is 21.8 Å². The van der Waals surface area contributed by atoms with Gasteiger partial charge in [0.1, 0.15) is 5.69 Å². The summed E-state index contributed by atoms with van der Waals surface area (Å²) >= 11 is 1.58. The van der Waals surface area contributed by atoms with Crippen molar-refractivity contribution in [3.8, 4) is 11.3 Å². The van der Waals surface area contributed by atoms with E-state index in [0.29, 0.717) is 5.69 Å². The minimum atomic E-state index is -0.320. The van der Waals surface area contributed by atoms with Crippen LogP contribution in [0.5, 0.6) is 0 Å². The number of benzene rings is 2. The van der Waals surface area contributed by atoms with Crippen molar-refractivity contribution in [3.63, 3.8) is 0 Å². The Morgan fingerprint density at radius 1 is 1.12 bits per heavy atom. The fourth-order valence-electron chi connectivity index (χ4n) is 2.76. The number of rotatable bonds is 4. The third kappa shape index (κ3) is 3.14. The van der Waals surface area contributed by atoms with Crippen LogP contribution in [0.25, 0.3) is 22.0 Å². The van der Waals surface area contributed by atoms with Gasteiger partial charge in [0.15, 0.2) is 0 Å². The molecular formula is C20H16N4OS. The van der Waals surface area contributed by atoms with Gasteiger partial charge in [-0.15, -0.1) is 11.3 Å². The van der Waals surface area contributed by atoms with Crippen molar-refractivity contribution in [1.82, 2.24) is 15.6 Å². The Morgan fingerprint density at radius 2 is 1.96 bits per heavy atom. The number of nitrogens with zero attached hydrogens (tertiary/aromatic N) is 2. The highest BCUT2D eigenvalue weighted by Gasteiger charge is 2.12. The van der Waals surface area contributed by atoms with Gasteiger partial charge in [-0.25, -0.2) is 5.43 Å². The van der Waals surface area contributed by atoms with E-state index < -0.39 is 0 Å². The van der Waals surface area contributed by atoms with E-state index in [0.717, 1.165) is 32.6 Å². The molecule has 2 aromatic carbocycles. The van der Waals surface area contributed by atoms with Crippen molar-refractivity contribution in [2.45, 2.75) is 6.92 Å². The number of nitrogens with one attached hydrogen (secondary N) is 2. The Hall–Kier alpha value is -3.25. The number of aromatic nitrogens is 2. The van der Waals surface area contributed by atoms with Crippen molar-refractivity contribution >= 4 is 33.7 Å².